The number of hydrogen-bond donors (Lipinski definition) is 2. The zero-order valence-corrected chi connectivity index (χ0v) is 8.23. The van der Waals surface area contributed by atoms with Gasteiger partial charge in [0.15, 0.2) is 0 Å². The van der Waals surface area contributed by atoms with Crippen LogP contribution in [0.5, 0.6) is 0 Å². The summed E-state index contributed by atoms with van der Waals surface area (Å²) in [6, 6.07) is 13.3. The van der Waals surface area contributed by atoms with Gasteiger partial charge in [0.05, 0.1) is 6.42 Å². The van der Waals surface area contributed by atoms with Crippen LogP contribution in [0.1, 0.15) is 5.56 Å². The minimum atomic E-state index is -0.0105. The number of hydrogen-bond acceptors (Lipinski definition) is 1. The fourth-order valence-electron chi connectivity index (χ4n) is 1.38. The number of carbonyl (C=O) groups excluding carboxylic acids is 1. The molecule has 2 rings (SSSR count). The molecule has 0 unspecified atom stereocenters. The summed E-state index contributed by atoms with van der Waals surface area (Å²) in [4.78, 5) is 14.5. The van der Waals surface area contributed by atoms with Gasteiger partial charge in [-0.25, -0.2) is 0 Å². The van der Waals surface area contributed by atoms with E-state index in [1.807, 2.05) is 42.5 Å². The van der Waals surface area contributed by atoms with Crippen molar-refractivity contribution < 1.29 is 4.79 Å². The maximum absolute atomic E-state index is 11.5. The monoisotopic (exact) mass is 200 g/mol. The molecule has 0 bridgehead atoms. The molecule has 1 aromatic carbocycles. The van der Waals surface area contributed by atoms with Crippen molar-refractivity contribution in [1.82, 2.24) is 4.98 Å². The van der Waals surface area contributed by atoms with E-state index in [0.29, 0.717) is 6.42 Å². The third kappa shape index (κ3) is 2.71. The molecule has 3 heteroatoms. The summed E-state index contributed by atoms with van der Waals surface area (Å²) in [5, 5.41) is 2.78. The first-order valence-electron chi connectivity index (χ1n) is 4.82. The Balaban J connectivity index is 1.94. The van der Waals surface area contributed by atoms with Crippen LogP contribution in [0.2, 0.25) is 0 Å². The van der Waals surface area contributed by atoms with Crippen LogP contribution in [-0.2, 0) is 11.2 Å². The highest BCUT2D eigenvalue weighted by Gasteiger charge is 2.03. The first kappa shape index (κ1) is 9.52. The molecule has 15 heavy (non-hydrogen) atoms. The minimum Gasteiger partial charge on any atom is -0.348 e. The van der Waals surface area contributed by atoms with Crippen LogP contribution >= 0.6 is 0 Å². The lowest BCUT2D eigenvalue weighted by atomic mass is 10.1. The Morgan fingerprint density at radius 1 is 1.13 bits per heavy atom. The second kappa shape index (κ2) is 4.46. The molecule has 1 aromatic heterocycles. The lowest BCUT2D eigenvalue weighted by Crippen LogP contribution is -2.14. The van der Waals surface area contributed by atoms with E-state index < -0.39 is 0 Å². The van der Waals surface area contributed by atoms with Gasteiger partial charge in [-0.1, -0.05) is 30.3 Å². The normalized spacial score (nSPS) is 9.87. The molecule has 0 aliphatic carbocycles. The van der Waals surface area contributed by atoms with Gasteiger partial charge in [0.2, 0.25) is 5.91 Å². The predicted molar refractivity (Wildman–Crippen MR) is 59.6 cm³/mol. The Morgan fingerprint density at radius 2 is 1.93 bits per heavy atom. The number of aromatic nitrogens is 1. The number of amides is 1. The summed E-state index contributed by atoms with van der Waals surface area (Å²) in [6.07, 6.45) is 2.18. The standard InChI is InChI=1S/C12H12N2O/c15-12(14-11-7-4-8-13-11)9-10-5-2-1-3-6-10/h1-8,13H,9H2,(H,14,15). The van der Waals surface area contributed by atoms with Crippen LogP contribution in [0.15, 0.2) is 48.7 Å². The van der Waals surface area contributed by atoms with Crippen molar-refractivity contribution in [3.8, 4) is 0 Å². The molecule has 0 aliphatic rings. The van der Waals surface area contributed by atoms with Crippen LogP contribution < -0.4 is 5.32 Å². The molecular weight excluding hydrogens is 188 g/mol. The van der Waals surface area contributed by atoms with Gasteiger partial charge in [-0.3, -0.25) is 4.79 Å². The second-order valence-corrected chi connectivity index (χ2v) is 3.29. The van der Waals surface area contributed by atoms with Gasteiger partial charge in [0.1, 0.15) is 5.82 Å². The highest BCUT2D eigenvalue weighted by atomic mass is 16.1. The molecule has 0 saturated heterocycles. The van der Waals surface area contributed by atoms with Crippen LogP contribution in [0.4, 0.5) is 5.82 Å². The SMILES string of the molecule is O=C(Cc1ccccc1)Nc1ccc[nH]1. The van der Waals surface area contributed by atoms with Crippen molar-refractivity contribution >= 4 is 11.7 Å². The van der Waals surface area contributed by atoms with Gasteiger partial charge >= 0.3 is 0 Å². The molecule has 76 valence electrons. The molecule has 0 saturated carbocycles. The Morgan fingerprint density at radius 3 is 2.60 bits per heavy atom. The maximum atomic E-state index is 11.5. The molecule has 0 spiro atoms. The van der Waals surface area contributed by atoms with Gasteiger partial charge in [-0.05, 0) is 17.7 Å². The van der Waals surface area contributed by atoms with E-state index in [4.69, 9.17) is 0 Å². The van der Waals surface area contributed by atoms with E-state index in [1.165, 1.54) is 0 Å². The summed E-state index contributed by atoms with van der Waals surface area (Å²) in [5.74, 6) is 0.722. The predicted octanol–water partition coefficient (Wildman–Crippen LogP) is 2.20. The zero-order valence-electron chi connectivity index (χ0n) is 8.23. The van der Waals surface area contributed by atoms with Crippen LogP contribution in [0.25, 0.3) is 0 Å². The van der Waals surface area contributed by atoms with Gasteiger partial charge in [0, 0.05) is 6.20 Å². The van der Waals surface area contributed by atoms with Gasteiger partial charge in [-0.2, -0.15) is 0 Å². The second-order valence-electron chi connectivity index (χ2n) is 3.29. The summed E-state index contributed by atoms with van der Waals surface area (Å²) >= 11 is 0. The van der Waals surface area contributed by atoms with Crippen molar-refractivity contribution in [2.75, 3.05) is 5.32 Å². The number of rotatable bonds is 3. The average molecular weight is 200 g/mol. The first-order valence-corrected chi connectivity index (χ1v) is 4.82. The van der Waals surface area contributed by atoms with E-state index in [1.54, 1.807) is 6.20 Å². The van der Waals surface area contributed by atoms with Gasteiger partial charge in [0.25, 0.3) is 0 Å². The number of nitrogens with one attached hydrogen (secondary N) is 2. The topological polar surface area (TPSA) is 44.9 Å². The smallest absolute Gasteiger partial charge is 0.229 e. The molecule has 2 N–H and O–H groups in total. The van der Waals surface area contributed by atoms with Gasteiger partial charge in [-0.15, -0.1) is 0 Å². The lowest BCUT2D eigenvalue weighted by molar-refractivity contribution is -0.115. The molecule has 1 heterocycles. The lowest BCUT2D eigenvalue weighted by Gasteiger charge is -2.02. The number of carbonyl (C=O) groups is 1. The molecule has 3 nitrogen and oxygen atoms in total. The summed E-state index contributed by atoms with van der Waals surface area (Å²) in [5.41, 5.74) is 1.02. The largest absolute Gasteiger partial charge is 0.348 e. The van der Waals surface area contributed by atoms with E-state index in [9.17, 15) is 4.79 Å². The van der Waals surface area contributed by atoms with E-state index in [0.717, 1.165) is 11.4 Å². The Labute approximate surface area is 88.1 Å². The van der Waals surface area contributed by atoms with Crippen molar-refractivity contribution in [1.29, 1.82) is 0 Å². The van der Waals surface area contributed by atoms with Crippen molar-refractivity contribution in [2.24, 2.45) is 0 Å². The van der Waals surface area contributed by atoms with Crippen LogP contribution in [0, 0.1) is 0 Å². The molecule has 0 radical (unpaired) electrons. The van der Waals surface area contributed by atoms with Crippen LogP contribution in [-0.4, -0.2) is 10.9 Å². The van der Waals surface area contributed by atoms with E-state index >= 15 is 0 Å². The quantitative estimate of drug-likeness (QED) is 0.783. The fraction of sp³-hybridized carbons (Fsp3) is 0.0833. The number of anilines is 1. The molecular formula is C12H12N2O. The molecule has 0 aliphatic heterocycles. The molecule has 2 aromatic rings. The molecule has 1 amide bonds. The summed E-state index contributed by atoms with van der Waals surface area (Å²) in [6.45, 7) is 0. The number of benzene rings is 1. The number of H-pyrrole nitrogens is 1. The van der Waals surface area contributed by atoms with Crippen molar-refractivity contribution in [3.05, 3.63) is 54.2 Å². The Hall–Kier alpha value is -2.03. The highest BCUT2D eigenvalue weighted by molar-refractivity contribution is 5.91. The minimum absolute atomic E-state index is 0.0105. The fourth-order valence-corrected chi connectivity index (χ4v) is 1.38. The van der Waals surface area contributed by atoms with Gasteiger partial charge < -0.3 is 10.3 Å². The average Bonchev–Trinajstić information content (AvgIpc) is 2.71. The van der Waals surface area contributed by atoms with Crippen molar-refractivity contribution in [2.45, 2.75) is 6.42 Å². The Bertz CT molecular complexity index is 420. The number of aromatic amines is 1. The summed E-state index contributed by atoms with van der Waals surface area (Å²) < 4.78 is 0. The highest BCUT2D eigenvalue weighted by Crippen LogP contribution is 2.04. The maximum Gasteiger partial charge on any atom is 0.229 e. The third-order valence-corrected chi connectivity index (χ3v) is 2.08. The molecule has 0 atom stereocenters. The van der Waals surface area contributed by atoms with E-state index in [-0.39, 0.29) is 5.91 Å². The van der Waals surface area contributed by atoms with Crippen molar-refractivity contribution in [3.63, 3.8) is 0 Å². The van der Waals surface area contributed by atoms with E-state index in [2.05, 4.69) is 10.3 Å². The Kier molecular flexibility index (Phi) is 2.83. The molecule has 0 fully saturated rings. The first-order chi connectivity index (χ1) is 7.34. The third-order valence-electron chi connectivity index (χ3n) is 2.08. The van der Waals surface area contributed by atoms with Crippen LogP contribution in [0.3, 0.4) is 0 Å². The summed E-state index contributed by atoms with van der Waals surface area (Å²) in [7, 11) is 0. The zero-order chi connectivity index (χ0) is 10.5.